The van der Waals surface area contributed by atoms with Crippen molar-refractivity contribution < 1.29 is 13.2 Å². The largest absolute Gasteiger partial charge is 0.294 e. The molecule has 0 aliphatic heterocycles. The zero-order valence-electron chi connectivity index (χ0n) is 9.91. The summed E-state index contributed by atoms with van der Waals surface area (Å²) in [5.74, 6) is -0.0651. The molecule has 2 aromatic carbocycles. The molecule has 0 spiro atoms. The van der Waals surface area contributed by atoms with Crippen LogP contribution in [0, 0.1) is 0 Å². The Morgan fingerprint density at radius 3 is 2.05 bits per heavy atom. The molecule has 2 aromatic rings. The predicted molar refractivity (Wildman–Crippen MR) is 74.0 cm³/mol. The SMILES string of the molecule is O=C(Cc1ccccc1)c1ccc(S(=O)(=O)Cl)cc1. The number of hydrogen-bond acceptors (Lipinski definition) is 3. The fourth-order valence-corrected chi connectivity index (χ4v) is 2.46. The Morgan fingerprint density at radius 1 is 0.947 bits per heavy atom. The Labute approximate surface area is 116 Å². The van der Waals surface area contributed by atoms with Gasteiger partial charge in [-0.25, -0.2) is 8.42 Å². The summed E-state index contributed by atoms with van der Waals surface area (Å²) in [7, 11) is 1.46. The number of Topliss-reactive ketones (excluding diaryl/α,β-unsaturated/α-hetero) is 1. The average molecular weight is 295 g/mol. The monoisotopic (exact) mass is 294 g/mol. The Hall–Kier alpha value is -1.65. The van der Waals surface area contributed by atoms with Crippen molar-refractivity contribution in [3.63, 3.8) is 0 Å². The molecule has 0 radical (unpaired) electrons. The highest BCUT2D eigenvalue weighted by Crippen LogP contribution is 2.16. The summed E-state index contributed by atoms with van der Waals surface area (Å²) in [5.41, 5.74) is 1.38. The lowest BCUT2D eigenvalue weighted by atomic mass is 10.0. The summed E-state index contributed by atoms with van der Waals surface area (Å²) >= 11 is 0. The normalized spacial score (nSPS) is 11.2. The van der Waals surface area contributed by atoms with Crippen LogP contribution in [0.3, 0.4) is 0 Å². The van der Waals surface area contributed by atoms with Gasteiger partial charge < -0.3 is 0 Å². The average Bonchev–Trinajstić information content (AvgIpc) is 2.39. The molecule has 0 fully saturated rings. The minimum Gasteiger partial charge on any atom is -0.294 e. The molecule has 0 atom stereocenters. The van der Waals surface area contributed by atoms with Crippen LogP contribution in [0.5, 0.6) is 0 Å². The van der Waals surface area contributed by atoms with Gasteiger partial charge in [-0.05, 0) is 17.7 Å². The topological polar surface area (TPSA) is 51.2 Å². The van der Waals surface area contributed by atoms with Crippen LogP contribution in [0.1, 0.15) is 15.9 Å². The molecule has 0 aromatic heterocycles. The number of carbonyl (C=O) groups is 1. The predicted octanol–water partition coefficient (Wildman–Crippen LogP) is 3.04. The highest BCUT2D eigenvalue weighted by atomic mass is 35.7. The fraction of sp³-hybridized carbons (Fsp3) is 0.0714. The smallest absolute Gasteiger partial charge is 0.261 e. The highest BCUT2D eigenvalue weighted by molar-refractivity contribution is 8.13. The summed E-state index contributed by atoms with van der Waals surface area (Å²) in [6.07, 6.45) is 0.286. The van der Waals surface area contributed by atoms with Crippen molar-refractivity contribution >= 4 is 25.5 Å². The van der Waals surface area contributed by atoms with Crippen molar-refractivity contribution in [1.82, 2.24) is 0 Å². The lowest BCUT2D eigenvalue weighted by molar-refractivity contribution is 0.0993. The van der Waals surface area contributed by atoms with Crippen molar-refractivity contribution in [2.45, 2.75) is 11.3 Å². The second kappa shape index (κ2) is 5.55. The van der Waals surface area contributed by atoms with Gasteiger partial charge in [0.1, 0.15) is 0 Å². The zero-order valence-corrected chi connectivity index (χ0v) is 11.5. The quantitative estimate of drug-likeness (QED) is 0.643. The minimum absolute atomic E-state index is 0.00886. The molecule has 0 aliphatic rings. The van der Waals surface area contributed by atoms with Crippen LogP contribution in [0.15, 0.2) is 59.5 Å². The van der Waals surface area contributed by atoms with E-state index in [1.807, 2.05) is 30.3 Å². The number of benzene rings is 2. The summed E-state index contributed by atoms with van der Waals surface area (Å²) in [4.78, 5) is 12.0. The first-order chi connectivity index (χ1) is 8.97. The molecule has 2 rings (SSSR count). The molecule has 0 bridgehead atoms. The number of ketones is 1. The van der Waals surface area contributed by atoms with Gasteiger partial charge in [-0.3, -0.25) is 4.79 Å². The first kappa shape index (κ1) is 13.8. The van der Waals surface area contributed by atoms with Gasteiger partial charge in [0, 0.05) is 22.7 Å². The van der Waals surface area contributed by atoms with E-state index in [0.717, 1.165) is 5.56 Å². The third-order valence-corrected chi connectivity index (χ3v) is 4.04. The maximum Gasteiger partial charge on any atom is 0.261 e. The van der Waals surface area contributed by atoms with Gasteiger partial charge in [0.2, 0.25) is 0 Å². The first-order valence-corrected chi connectivity index (χ1v) is 7.89. The van der Waals surface area contributed by atoms with E-state index in [1.54, 1.807) is 0 Å². The molecular formula is C14H11ClO3S. The fourth-order valence-electron chi connectivity index (χ4n) is 1.69. The van der Waals surface area contributed by atoms with Crippen LogP contribution >= 0.6 is 10.7 Å². The lowest BCUT2D eigenvalue weighted by Crippen LogP contribution is -2.03. The molecule has 3 nitrogen and oxygen atoms in total. The van der Waals surface area contributed by atoms with E-state index in [1.165, 1.54) is 24.3 Å². The molecule has 0 heterocycles. The Balaban J connectivity index is 2.17. The van der Waals surface area contributed by atoms with Crippen LogP contribution in [0.2, 0.25) is 0 Å². The molecular weight excluding hydrogens is 284 g/mol. The van der Waals surface area contributed by atoms with E-state index in [-0.39, 0.29) is 17.1 Å². The van der Waals surface area contributed by atoms with Gasteiger partial charge in [0.25, 0.3) is 9.05 Å². The Bertz CT molecular complexity index is 676. The second-order valence-corrected chi connectivity index (χ2v) is 6.61. The lowest BCUT2D eigenvalue weighted by Gasteiger charge is -2.02. The van der Waals surface area contributed by atoms with Crippen molar-refractivity contribution in [3.8, 4) is 0 Å². The van der Waals surface area contributed by atoms with Gasteiger partial charge in [-0.1, -0.05) is 42.5 Å². The number of rotatable bonds is 4. The van der Waals surface area contributed by atoms with Crippen LogP contribution in [0.25, 0.3) is 0 Å². The van der Waals surface area contributed by atoms with Crippen LogP contribution in [-0.4, -0.2) is 14.2 Å². The van der Waals surface area contributed by atoms with Crippen molar-refractivity contribution in [2.75, 3.05) is 0 Å². The molecule has 19 heavy (non-hydrogen) atoms. The number of carbonyl (C=O) groups excluding carboxylic acids is 1. The molecule has 0 saturated carbocycles. The van der Waals surface area contributed by atoms with Gasteiger partial charge in [0.15, 0.2) is 5.78 Å². The molecule has 0 saturated heterocycles. The second-order valence-electron chi connectivity index (χ2n) is 4.05. The molecule has 0 amide bonds. The minimum atomic E-state index is -3.74. The molecule has 0 unspecified atom stereocenters. The van der Waals surface area contributed by atoms with E-state index in [0.29, 0.717) is 5.56 Å². The molecule has 0 N–H and O–H groups in total. The Morgan fingerprint density at radius 2 is 1.53 bits per heavy atom. The van der Waals surface area contributed by atoms with Gasteiger partial charge in [-0.2, -0.15) is 0 Å². The molecule has 98 valence electrons. The maximum absolute atomic E-state index is 12.0. The van der Waals surface area contributed by atoms with Crippen LogP contribution in [-0.2, 0) is 15.5 Å². The van der Waals surface area contributed by atoms with Crippen molar-refractivity contribution in [3.05, 3.63) is 65.7 Å². The van der Waals surface area contributed by atoms with Gasteiger partial charge in [-0.15, -0.1) is 0 Å². The maximum atomic E-state index is 12.0. The summed E-state index contributed by atoms with van der Waals surface area (Å²) in [5, 5.41) is 0. The van der Waals surface area contributed by atoms with E-state index >= 15 is 0 Å². The van der Waals surface area contributed by atoms with E-state index in [2.05, 4.69) is 0 Å². The Kier molecular flexibility index (Phi) is 4.02. The summed E-state index contributed by atoms with van der Waals surface area (Å²) < 4.78 is 22.2. The van der Waals surface area contributed by atoms with E-state index in [9.17, 15) is 13.2 Å². The third-order valence-electron chi connectivity index (χ3n) is 2.67. The molecule has 5 heteroatoms. The van der Waals surface area contributed by atoms with Crippen LogP contribution < -0.4 is 0 Å². The summed E-state index contributed by atoms with van der Waals surface area (Å²) in [6.45, 7) is 0. The van der Waals surface area contributed by atoms with E-state index in [4.69, 9.17) is 10.7 Å². The summed E-state index contributed by atoms with van der Waals surface area (Å²) in [6, 6.07) is 15.0. The third kappa shape index (κ3) is 3.66. The van der Waals surface area contributed by atoms with Gasteiger partial charge in [0.05, 0.1) is 4.90 Å². The van der Waals surface area contributed by atoms with Gasteiger partial charge >= 0.3 is 0 Å². The zero-order chi connectivity index (χ0) is 13.9. The van der Waals surface area contributed by atoms with Crippen molar-refractivity contribution in [1.29, 1.82) is 0 Å². The number of halogens is 1. The molecule has 0 aliphatic carbocycles. The number of hydrogen-bond donors (Lipinski definition) is 0. The van der Waals surface area contributed by atoms with Crippen LogP contribution in [0.4, 0.5) is 0 Å². The van der Waals surface area contributed by atoms with Crippen molar-refractivity contribution in [2.24, 2.45) is 0 Å². The standard InChI is InChI=1S/C14H11ClO3S/c15-19(17,18)13-8-6-12(7-9-13)14(16)10-11-4-2-1-3-5-11/h1-9H,10H2. The van der Waals surface area contributed by atoms with E-state index < -0.39 is 9.05 Å². The highest BCUT2D eigenvalue weighted by Gasteiger charge is 2.11. The first-order valence-electron chi connectivity index (χ1n) is 5.59.